The minimum absolute atomic E-state index is 0.151. The predicted octanol–water partition coefficient (Wildman–Crippen LogP) is 3.93. The van der Waals surface area contributed by atoms with Crippen LogP contribution in [0.4, 0.5) is 0 Å². The van der Waals surface area contributed by atoms with Gasteiger partial charge in [-0.05, 0) is 57.2 Å². The first-order chi connectivity index (χ1) is 15.1. The van der Waals surface area contributed by atoms with Gasteiger partial charge in [-0.25, -0.2) is 0 Å². The van der Waals surface area contributed by atoms with Gasteiger partial charge in [-0.15, -0.1) is 0 Å². The Balaban J connectivity index is 1.19. The molecule has 5 nitrogen and oxygen atoms in total. The Bertz CT molecular complexity index is 715. The highest BCUT2D eigenvalue weighted by molar-refractivity contribution is 5.79. The van der Waals surface area contributed by atoms with E-state index in [1.54, 1.807) is 0 Å². The average molecular weight is 426 g/mol. The maximum Gasteiger partial charge on any atom is 0.225 e. The molecular weight excluding hydrogens is 386 g/mol. The van der Waals surface area contributed by atoms with Crippen molar-refractivity contribution in [3.05, 3.63) is 35.9 Å². The van der Waals surface area contributed by atoms with Crippen molar-refractivity contribution in [3.8, 4) is 0 Å². The molecule has 0 N–H and O–H groups in total. The molecule has 2 amide bonds. The van der Waals surface area contributed by atoms with E-state index in [0.717, 1.165) is 64.7 Å². The molecule has 1 aliphatic carbocycles. The highest BCUT2D eigenvalue weighted by Gasteiger charge is 2.34. The van der Waals surface area contributed by atoms with Crippen LogP contribution in [-0.2, 0) is 16.1 Å². The highest BCUT2D eigenvalue weighted by atomic mass is 16.2. The molecule has 0 spiro atoms. The van der Waals surface area contributed by atoms with Crippen molar-refractivity contribution < 1.29 is 9.59 Å². The Morgan fingerprint density at radius 1 is 0.839 bits per heavy atom. The number of piperidine rings is 2. The molecule has 0 radical (unpaired) electrons. The minimum atomic E-state index is 0.151. The summed E-state index contributed by atoms with van der Waals surface area (Å²) in [7, 11) is 1.93. The molecule has 3 fully saturated rings. The van der Waals surface area contributed by atoms with Crippen LogP contribution in [0.25, 0.3) is 0 Å². The van der Waals surface area contributed by atoms with Crippen LogP contribution in [0.5, 0.6) is 0 Å². The zero-order chi connectivity index (χ0) is 21.6. The summed E-state index contributed by atoms with van der Waals surface area (Å²) < 4.78 is 0. The predicted molar refractivity (Wildman–Crippen MR) is 123 cm³/mol. The van der Waals surface area contributed by atoms with Crippen LogP contribution >= 0.6 is 0 Å². The third kappa shape index (κ3) is 5.68. The summed E-state index contributed by atoms with van der Waals surface area (Å²) in [4.78, 5) is 32.4. The summed E-state index contributed by atoms with van der Waals surface area (Å²) in [6.45, 7) is 4.54. The molecular formula is C26H39N3O2. The Morgan fingerprint density at radius 3 is 2.13 bits per heavy atom. The van der Waals surface area contributed by atoms with E-state index in [4.69, 9.17) is 0 Å². The molecule has 0 unspecified atom stereocenters. The molecule has 1 aromatic rings. The maximum absolute atomic E-state index is 12.9. The Hall–Kier alpha value is -1.88. The van der Waals surface area contributed by atoms with E-state index in [0.29, 0.717) is 24.4 Å². The molecule has 0 bridgehead atoms. The first kappa shape index (κ1) is 22.3. The smallest absolute Gasteiger partial charge is 0.225 e. The third-order valence-electron chi connectivity index (χ3n) is 7.76. The zero-order valence-electron chi connectivity index (χ0n) is 19.2. The summed E-state index contributed by atoms with van der Waals surface area (Å²) in [5.41, 5.74) is 1.19. The molecule has 2 saturated heterocycles. The lowest BCUT2D eigenvalue weighted by Crippen LogP contribution is -2.51. The first-order valence-electron chi connectivity index (χ1n) is 12.4. The molecule has 2 aliphatic heterocycles. The van der Waals surface area contributed by atoms with E-state index in [1.807, 2.05) is 30.1 Å². The highest BCUT2D eigenvalue weighted by Crippen LogP contribution is 2.29. The van der Waals surface area contributed by atoms with Gasteiger partial charge in [0.25, 0.3) is 0 Å². The molecule has 170 valence electrons. The van der Waals surface area contributed by atoms with Gasteiger partial charge >= 0.3 is 0 Å². The van der Waals surface area contributed by atoms with E-state index in [2.05, 4.69) is 21.9 Å². The van der Waals surface area contributed by atoms with Gasteiger partial charge in [0, 0.05) is 44.6 Å². The lowest BCUT2D eigenvalue weighted by Gasteiger charge is -2.42. The lowest BCUT2D eigenvalue weighted by atomic mass is 9.87. The second-order valence-electron chi connectivity index (χ2n) is 9.88. The number of likely N-dealkylation sites (tertiary alicyclic amines) is 2. The van der Waals surface area contributed by atoms with Crippen LogP contribution < -0.4 is 0 Å². The molecule has 4 rings (SSSR count). The number of benzene rings is 1. The SMILES string of the molecule is CN(Cc1ccccc1)C(=O)C1CCN(C2CCN(C(=O)C3CCCCC3)CC2)CC1. The van der Waals surface area contributed by atoms with Crippen LogP contribution in [0.2, 0.25) is 0 Å². The maximum atomic E-state index is 12.9. The number of hydrogen-bond donors (Lipinski definition) is 0. The molecule has 31 heavy (non-hydrogen) atoms. The number of nitrogens with zero attached hydrogens (tertiary/aromatic N) is 3. The molecule has 3 aliphatic rings. The van der Waals surface area contributed by atoms with Gasteiger partial charge in [-0.2, -0.15) is 0 Å². The van der Waals surface area contributed by atoms with Crippen LogP contribution in [0.15, 0.2) is 30.3 Å². The van der Waals surface area contributed by atoms with Crippen molar-refractivity contribution in [2.24, 2.45) is 11.8 Å². The summed E-state index contributed by atoms with van der Waals surface area (Å²) >= 11 is 0. The Morgan fingerprint density at radius 2 is 1.48 bits per heavy atom. The number of carbonyl (C=O) groups excluding carboxylic acids is 2. The normalized spacial score (nSPS) is 22.4. The molecule has 0 atom stereocenters. The van der Waals surface area contributed by atoms with Crippen LogP contribution in [0.3, 0.4) is 0 Å². The third-order valence-corrected chi connectivity index (χ3v) is 7.76. The molecule has 5 heteroatoms. The van der Waals surface area contributed by atoms with Crippen molar-refractivity contribution in [3.63, 3.8) is 0 Å². The van der Waals surface area contributed by atoms with Gasteiger partial charge in [-0.3, -0.25) is 9.59 Å². The number of rotatable bonds is 5. The fourth-order valence-corrected chi connectivity index (χ4v) is 5.82. The van der Waals surface area contributed by atoms with E-state index in [-0.39, 0.29) is 11.8 Å². The topological polar surface area (TPSA) is 43.9 Å². The van der Waals surface area contributed by atoms with Crippen molar-refractivity contribution in [1.82, 2.24) is 14.7 Å². The van der Waals surface area contributed by atoms with Crippen LogP contribution in [-0.4, -0.2) is 65.8 Å². The monoisotopic (exact) mass is 425 g/mol. The number of hydrogen-bond acceptors (Lipinski definition) is 3. The second-order valence-corrected chi connectivity index (χ2v) is 9.88. The van der Waals surface area contributed by atoms with Crippen molar-refractivity contribution in [2.45, 2.75) is 70.4 Å². The van der Waals surface area contributed by atoms with Crippen LogP contribution in [0.1, 0.15) is 63.4 Å². The van der Waals surface area contributed by atoms with Gasteiger partial charge in [0.15, 0.2) is 0 Å². The van der Waals surface area contributed by atoms with Gasteiger partial charge in [0.2, 0.25) is 11.8 Å². The molecule has 2 heterocycles. The summed E-state index contributed by atoms with van der Waals surface area (Å²) in [5, 5.41) is 0. The van der Waals surface area contributed by atoms with Crippen molar-refractivity contribution in [2.75, 3.05) is 33.2 Å². The van der Waals surface area contributed by atoms with E-state index in [1.165, 1.54) is 24.8 Å². The van der Waals surface area contributed by atoms with Gasteiger partial charge in [0.1, 0.15) is 0 Å². The van der Waals surface area contributed by atoms with Crippen molar-refractivity contribution in [1.29, 1.82) is 0 Å². The molecule has 0 aromatic heterocycles. The lowest BCUT2D eigenvalue weighted by molar-refractivity contribution is -0.139. The summed E-state index contributed by atoms with van der Waals surface area (Å²) in [6, 6.07) is 10.8. The number of carbonyl (C=O) groups is 2. The van der Waals surface area contributed by atoms with Gasteiger partial charge < -0.3 is 14.7 Å². The zero-order valence-corrected chi connectivity index (χ0v) is 19.2. The standard InChI is InChI=1S/C26H39N3O2/c1-27(20-21-8-4-2-5-9-21)25(30)23-12-16-28(17-13-23)24-14-18-29(19-15-24)26(31)22-10-6-3-7-11-22/h2,4-5,8-9,22-24H,3,6-7,10-20H2,1H3. The molecule has 1 saturated carbocycles. The molecule has 1 aromatic carbocycles. The van der Waals surface area contributed by atoms with E-state index in [9.17, 15) is 9.59 Å². The van der Waals surface area contributed by atoms with Gasteiger partial charge in [-0.1, -0.05) is 49.6 Å². The second kappa shape index (κ2) is 10.6. The Kier molecular flexibility index (Phi) is 7.65. The Labute approximate surface area is 187 Å². The van der Waals surface area contributed by atoms with Crippen molar-refractivity contribution >= 4 is 11.8 Å². The quantitative estimate of drug-likeness (QED) is 0.718. The van der Waals surface area contributed by atoms with Crippen LogP contribution in [0, 0.1) is 11.8 Å². The van der Waals surface area contributed by atoms with Gasteiger partial charge in [0.05, 0.1) is 0 Å². The number of amides is 2. The summed E-state index contributed by atoms with van der Waals surface area (Å²) in [5.74, 6) is 1.15. The van der Waals surface area contributed by atoms with E-state index >= 15 is 0 Å². The fourth-order valence-electron chi connectivity index (χ4n) is 5.82. The average Bonchev–Trinajstić information content (AvgIpc) is 2.84. The fraction of sp³-hybridized carbons (Fsp3) is 0.692. The summed E-state index contributed by atoms with van der Waals surface area (Å²) in [6.07, 6.45) is 10.0. The first-order valence-corrected chi connectivity index (χ1v) is 12.4. The van der Waals surface area contributed by atoms with E-state index < -0.39 is 0 Å². The largest absolute Gasteiger partial charge is 0.342 e. The minimum Gasteiger partial charge on any atom is -0.342 e.